The second-order valence-electron chi connectivity index (χ2n) is 6.81. The number of para-hydroxylation sites is 1. The molecule has 4 heteroatoms. The smallest absolute Gasteiger partial charge is 0.241 e. The summed E-state index contributed by atoms with van der Waals surface area (Å²) >= 11 is 0. The Balaban J connectivity index is 1.50. The maximum absolute atomic E-state index is 13.7. The summed E-state index contributed by atoms with van der Waals surface area (Å²) in [5.41, 5.74) is 1.63. The molecular weight excluding hydrogens is 315 g/mol. The lowest BCUT2D eigenvalue weighted by molar-refractivity contribution is -0.121. The van der Waals surface area contributed by atoms with Crippen LogP contribution in [0, 0.1) is 11.7 Å². The summed E-state index contributed by atoms with van der Waals surface area (Å²) < 4.78 is 13.7. The van der Waals surface area contributed by atoms with Gasteiger partial charge in [-0.2, -0.15) is 0 Å². The van der Waals surface area contributed by atoms with Crippen LogP contribution in [0.3, 0.4) is 0 Å². The molecule has 0 aliphatic carbocycles. The third-order valence-corrected chi connectivity index (χ3v) is 5.08. The van der Waals surface area contributed by atoms with Gasteiger partial charge in [-0.05, 0) is 62.9 Å². The fourth-order valence-electron chi connectivity index (χ4n) is 3.46. The lowest BCUT2D eigenvalue weighted by atomic mass is 9.89. The Kier molecular flexibility index (Phi) is 5.82. The number of amides is 1. The molecule has 1 amide bonds. The molecule has 0 aromatic heterocycles. The number of halogens is 1. The first kappa shape index (κ1) is 17.6. The van der Waals surface area contributed by atoms with Crippen molar-refractivity contribution >= 4 is 11.6 Å². The zero-order valence-corrected chi connectivity index (χ0v) is 14.6. The van der Waals surface area contributed by atoms with Gasteiger partial charge < -0.3 is 5.32 Å². The highest BCUT2D eigenvalue weighted by Gasteiger charge is 2.27. The van der Waals surface area contributed by atoms with E-state index in [1.165, 1.54) is 11.6 Å². The number of likely N-dealkylation sites (tertiary alicyclic amines) is 1. The first-order valence-electron chi connectivity index (χ1n) is 8.97. The van der Waals surface area contributed by atoms with Gasteiger partial charge in [0.05, 0.1) is 11.7 Å². The molecule has 0 radical (unpaired) electrons. The highest BCUT2D eigenvalue weighted by atomic mass is 19.1. The second-order valence-corrected chi connectivity index (χ2v) is 6.81. The first-order valence-corrected chi connectivity index (χ1v) is 8.97. The summed E-state index contributed by atoms with van der Waals surface area (Å²) in [4.78, 5) is 14.6. The van der Waals surface area contributed by atoms with Crippen molar-refractivity contribution in [1.29, 1.82) is 0 Å². The summed E-state index contributed by atoms with van der Waals surface area (Å²) in [5, 5.41) is 2.70. The average Bonchev–Trinajstić information content (AvgIpc) is 2.64. The molecule has 1 aliphatic heterocycles. The standard InChI is InChI=1S/C21H25FN2O/c1-16(21(25)23-20-10-6-5-9-19(20)22)24-13-11-18(12-14-24)15-17-7-3-2-4-8-17/h2-10,16,18H,11-15H2,1H3,(H,23,25). The van der Waals surface area contributed by atoms with Crippen molar-refractivity contribution < 1.29 is 9.18 Å². The Morgan fingerprint density at radius 3 is 2.44 bits per heavy atom. The highest BCUT2D eigenvalue weighted by molar-refractivity contribution is 5.94. The number of carbonyl (C=O) groups excluding carboxylic acids is 1. The Labute approximate surface area is 148 Å². The molecule has 25 heavy (non-hydrogen) atoms. The number of hydrogen-bond acceptors (Lipinski definition) is 2. The van der Waals surface area contributed by atoms with E-state index in [4.69, 9.17) is 0 Å². The Morgan fingerprint density at radius 1 is 1.12 bits per heavy atom. The van der Waals surface area contributed by atoms with E-state index in [2.05, 4.69) is 34.5 Å². The maximum Gasteiger partial charge on any atom is 0.241 e. The van der Waals surface area contributed by atoms with Gasteiger partial charge in [0.25, 0.3) is 0 Å². The number of rotatable bonds is 5. The normalized spacial score (nSPS) is 17.2. The fourth-order valence-corrected chi connectivity index (χ4v) is 3.46. The third-order valence-electron chi connectivity index (χ3n) is 5.08. The van der Waals surface area contributed by atoms with Crippen molar-refractivity contribution in [3.05, 3.63) is 66.0 Å². The largest absolute Gasteiger partial charge is 0.322 e. The number of nitrogens with zero attached hydrogens (tertiary/aromatic N) is 1. The van der Waals surface area contributed by atoms with E-state index in [0.717, 1.165) is 32.4 Å². The average molecular weight is 340 g/mol. The Hall–Kier alpha value is -2.20. The monoisotopic (exact) mass is 340 g/mol. The molecule has 1 fully saturated rings. The number of piperidine rings is 1. The number of benzene rings is 2. The zero-order chi connectivity index (χ0) is 17.6. The van der Waals surface area contributed by atoms with E-state index < -0.39 is 5.82 Å². The lowest BCUT2D eigenvalue weighted by Crippen LogP contribution is -2.46. The molecular formula is C21H25FN2O. The Morgan fingerprint density at radius 2 is 1.76 bits per heavy atom. The molecule has 3 rings (SSSR count). The molecule has 1 unspecified atom stereocenters. The molecule has 2 aromatic rings. The molecule has 1 N–H and O–H groups in total. The SMILES string of the molecule is CC(C(=O)Nc1ccccc1F)N1CCC(Cc2ccccc2)CC1. The minimum Gasteiger partial charge on any atom is -0.322 e. The van der Waals surface area contributed by atoms with Crippen LogP contribution in [0.25, 0.3) is 0 Å². The Bertz CT molecular complexity index is 696. The van der Waals surface area contributed by atoms with Crippen LogP contribution < -0.4 is 5.32 Å². The molecule has 1 aliphatic rings. The van der Waals surface area contributed by atoms with Crippen molar-refractivity contribution in [2.24, 2.45) is 5.92 Å². The van der Waals surface area contributed by atoms with Crippen LogP contribution in [-0.2, 0) is 11.2 Å². The number of hydrogen-bond donors (Lipinski definition) is 1. The molecule has 2 aromatic carbocycles. The van der Waals surface area contributed by atoms with E-state index in [1.54, 1.807) is 18.2 Å². The van der Waals surface area contributed by atoms with Crippen LogP contribution >= 0.6 is 0 Å². The van der Waals surface area contributed by atoms with Crippen molar-refractivity contribution in [3.8, 4) is 0 Å². The number of anilines is 1. The van der Waals surface area contributed by atoms with Gasteiger partial charge in [-0.1, -0.05) is 42.5 Å². The molecule has 0 saturated carbocycles. The van der Waals surface area contributed by atoms with Crippen LogP contribution in [0.1, 0.15) is 25.3 Å². The van der Waals surface area contributed by atoms with Crippen LogP contribution in [-0.4, -0.2) is 29.9 Å². The highest BCUT2D eigenvalue weighted by Crippen LogP contribution is 2.23. The third kappa shape index (κ3) is 4.67. The molecule has 1 saturated heterocycles. The fraction of sp³-hybridized carbons (Fsp3) is 0.381. The molecule has 1 heterocycles. The van der Waals surface area contributed by atoms with Gasteiger partial charge in [0, 0.05) is 0 Å². The van der Waals surface area contributed by atoms with Gasteiger partial charge in [-0.15, -0.1) is 0 Å². The van der Waals surface area contributed by atoms with Crippen molar-refractivity contribution in [2.45, 2.75) is 32.2 Å². The van der Waals surface area contributed by atoms with Gasteiger partial charge in [0.15, 0.2) is 0 Å². The predicted molar refractivity (Wildman–Crippen MR) is 98.9 cm³/mol. The number of carbonyl (C=O) groups is 1. The van der Waals surface area contributed by atoms with Crippen LogP contribution in [0.5, 0.6) is 0 Å². The van der Waals surface area contributed by atoms with E-state index in [0.29, 0.717) is 5.92 Å². The molecule has 132 valence electrons. The molecule has 3 nitrogen and oxygen atoms in total. The van der Waals surface area contributed by atoms with Gasteiger partial charge in [0.2, 0.25) is 5.91 Å². The summed E-state index contributed by atoms with van der Waals surface area (Å²) in [5.74, 6) is 0.122. The summed E-state index contributed by atoms with van der Waals surface area (Å²) in [6, 6.07) is 16.6. The minimum atomic E-state index is -0.399. The molecule has 0 bridgehead atoms. The predicted octanol–water partition coefficient (Wildman–Crippen LogP) is 4.11. The van der Waals surface area contributed by atoms with E-state index >= 15 is 0 Å². The molecule has 1 atom stereocenters. The van der Waals surface area contributed by atoms with Gasteiger partial charge >= 0.3 is 0 Å². The van der Waals surface area contributed by atoms with Crippen LogP contribution in [0.4, 0.5) is 10.1 Å². The molecule has 0 spiro atoms. The minimum absolute atomic E-state index is 0.147. The van der Waals surface area contributed by atoms with Crippen molar-refractivity contribution in [3.63, 3.8) is 0 Å². The maximum atomic E-state index is 13.7. The van der Waals surface area contributed by atoms with E-state index in [1.807, 2.05) is 13.0 Å². The van der Waals surface area contributed by atoms with Gasteiger partial charge in [-0.3, -0.25) is 9.69 Å². The van der Waals surface area contributed by atoms with Crippen molar-refractivity contribution in [1.82, 2.24) is 4.90 Å². The zero-order valence-electron chi connectivity index (χ0n) is 14.6. The summed E-state index contributed by atoms with van der Waals surface area (Å²) in [7, 11) is 0. The second kappa shape index (κ2) is 8.26. The first-order chi connectivity index (χ1) is 12.1. The van der Waals surface area contributed by atoms with E-state index in [9.17, 15) is 9.18 Å². The quantitative estimate of drug-likeness (QED) is 0.888. The van der Waals surface area contributed by atoms with Gasteiger partial charge in [0.1, 0.15) is 5.82 Å². The number of nitrogens with one attached hydrogen (secondary N) is 1. The summed E-state index contributed by atoms with van der Waals surface area (Å²) in [6.45, 7) is 3.71. The van der Waals surface area contributed by atoms with Crippen molar-refractivity contribution in [2.75, 3.05) is 18.4 Å². The van der Waals surface area contributed by atoms with Gasteiger partial charge in [-0.25, -0.2) is 4.39 Å². The van der Waals surface area contributed by atoms with E-state index in [-0.39, 0.29) is 17.6 Å². The lowest BCUT2D eigenvalue weighted by Gasteiger charge is -2.35. The van der Waals surface area contributed by atoms with Crippen LogP contribution in [0.2, 0.25) is 0 Å². The topological polar surface area (TPSA) is 32.3 Å². The van der Waals surface area contributed by atoms with Crippen LogP contribution in [0.15, 0.2) is 54.6 Å². The summed E-state index contributed by atoms with van der Waals surface area (Å²) in [6.07, 6.45) is 3.28.